The molecule has 0 amide bonds. The molecule has 4 nitrogen and oxygen atoms in total. The summed E-state index contributed by atoms with van der Waals surface area (Å²) in [6.45, 7) is 3.70. The lowest BCUT2D eigenvalue weighted by Crippen LogP contribution is -2.14. The van der Waals surface area contributed by atoms with Crippen molar-refractivity contribution in [2.24, 2.45) is 0 Å². The summed E-state index contributed by atoms with van der Waals surface area (Å²) in [5.41, 5.74) is 2.99. The maximum atomic E-state index is 12.6. The predicted molar refractivity (Wildman–Crippen MR) is 88.5 cm³/mol. The summed E-state index contributed by atoms with van der Waals surface area (Å²) < 4.78 is 27.7. The number of fused-ring (bicyclic) bond motifs is 1. The van der Waals surface area contributed by atoms with Crippen molar-refractivity contribution >= 4 is 26.6 Å². The van der Waals surface area contributed by atoms with E-state index < -0.39 is 10.0 Å². The Balaban J connectivity index is 2.01. The molecular weight excluding hydrogens is 296 g/mol. The zero-order valence-corrected chi connectivity index (χ0v) is 13.2. The Morgan fingerprint density at radius 1 is 1.00 bits per heavy atom. The summed E-state index contributed by atoms with van der Waals surface area (Å²) >= 11 is 0. The normalized spacial score (nSPS) is 11.5. The third kappa shape index (κ3) is 2.67. The SMILES string of the molecule is Cc1cccc(S(=O)(=O)Nc2cnc3ccccc3c2)c1C. The molecule has 2 aromatic carbocycles. The lowest BCUT2D eigenvalue weighted by molar-refractivity contribution is 0.600. The van der Waals surface area contributed by atoms with Crippen LogP contribution in [0.1, 0.15) is 11.1 Å². The molecule has 112 valence electrons. The van der Waals surface area contributed by atoms with E-state index in [1.54, 1.807) is 18.2 Å². The summed E-state index contributed by atoms with van der Waals surface area (Å²) in [5.74, 6) is 0. The Kier molecular flexibility index (Phi) is 3.58. The van der Waals surface area contributed by atoms with E-state index in [0.29, 0.717) is 10.6 Å². The Morgan fingerprint density at radius 3 is 2.59 bits per heavy atom. The minimum Gasteiger partial charge on any atom is -0.278 e. The van der Waals surface area contributed by atoms with Gasteiger partial charge in [-0.1, -0.05) is 30.3 Å². The van der Waals surface area contributed by atoms with Crippen molar-refractivity contribution in [1.29, 1.82) is 0 Å². The lowest BCUT2D eigenvalue weighted by atomic mass is 10.1. The van der Waals surface area contributed by atoms with Gasteiger partial charge in [-0.25, -0.2) is 8.42 Å². The van der Waals surface area contributed by atoms with Crippen molar-refractivity contribution in [3.8, 4) is 0 Å². The van der Waals surface area contributed by atoms with Gasteiger partial charge in [0.1, 0.15) is 0 Å². The average Bonchev–Trinajstić information content (AvgIpc) is 2.49. The molecule has 0 saturated carbocycles. The molecule has 0 spiro atoms. The molecule has 0 bridgehead atoms. The molecular formula is C17H16N2O2S. The number of pyridine rings is 1. The van der Waals surface area contributed by atoms with E-state index in [1.165, 1.54) is 6.20 Å². The van der Waals surface area contributed by atoms with E-state index in [1.807, 2.05) is 44.2 Å². The molecule has 1 aromatic heterocycles. The first-order valence-corrected chi connectivity index (χ1v) is 8.39. The monoisotopic (exact) mass is 312 g/mol. The standard InChI is InChI=1S/C17H16N2O2S/c1-12-6-5-9-17(13(12)2)22(20,21)19-15-10-14-7-3-4-8-16(14)18-11-15/h3-11,19H,1-2H3. The van der Waals surface area contributed by atoms with Crippen LogP contribution in [0.15, 0.2) is 59.6 Å². The number of rotatable bonds is 3. The fourth-order valence-electron chi connectivity index (χ4n) is 2.35. The number of benzene rings is 2. The van der Waals surface area contributed by atoms with Gasteiger partial charge in [-0.05, 0) is 43.2 Å². The number of aryl methyl sites for hydroxylation is 1. The van der Waals surface area contributed by atoms with Crippen LogP contribution in [0, 0.1) is 13.8 Å². The third-order valence-electron chi connectivity index (χ3n) is 3.69. The molecule has 0 aliphatic heterocycles. The number of aromatic nitrogens is 1. The van der Waals surface area contributed by atoms with Crippen LogP contribution in [0.4, 0.5) is 5.69 Å². The zero-order valence-electron chi connectivity index (χ0n) is 12.4. The summed E-state index contributed by atoms with van der Waals surface area (Å²) in [6.07, 6.45) is 1.53. The van der Waals surface area contributed by atoms with Gasteiger partial charge in [-0.2, -0.15) is 0 Å². The van der Waals surface area contributed by atoms with Crippen molar-refractivity contribution < 1.29 is 8.42 Å². The first-order chi connectivity index (χ1) is 10.5. The largest absolute Gasteiger partial charge is 0.278 e. The molecule has 1 N–H and O–H groups in total. The fourth-order valence-corrected chi connectivity index (χ4v) is 3.71. The summed E-state index contributed by atoms with van der Waals surface area (Å²) in [7, 11) is -3.63. The molecule has 0 radical (unpaired) electrons. The summed E-state index contributed by atoms with van der Waals surface area (Å²) in [5, 5.41) is 0.892. The molecule has 0 aliphatic carbocycles. The van der Waals surface area contributed by atoms with E-state index >= 15 is 0 Å². The maximum Gasteiger partial charge on any atom is 0.262 e. The van der Waals surface area contributed by atoms with Crippen LogP contribution in [0.25, 0.3) is 10.9 Å². The summed E-state index contributed by atoms with van der Waals surface area (Å²) in [6, 6.07) is 14.6. The van der Waals surface area contributed by atoms with Gasteiger partial charge in [0.15, 0.2) is 0 Å². The van der Waals surface area contributed by atoms with E-state index in [2.05, 4.69) is 9.71 Å². The summed E-state index contributed by atoms with van der Waals surface area (Å²) in [4.78, 5) is 4.56. The van der Waals surface area contributed by atoms with Gasteiger partial charge in [-0.3, -0.25) is 9.71 Å². The quantitative estimate of drug-likeness (QED) is 0.803. The first kappa shape index (κ1) is 14.5. The van der Waals surface area contributed by atoms with Gasteiger partial charge < -0.3 is 0 Å². The van der Waals surface area contributed by atoms with Crippen LogP contribution in [0.2, 0.25) is 0 Å². The van der Waals surface area contributed by atoms with Crippen LogP contribution in [0.3, 0.4) is 0 Å². The van der Waals surface area contributed by atoms with E-state index in [0.717, 1.165) is 22.0 Å². The Hall–Kier alpha value is -2.40. The molecule has 0 atom stereocenters. The van der Waals surface area contributed by atoms with Crippen molar-refractivity contribution in [3.05, 3.63) is 65.9 Å². The smallest absolute Gasteiger partial charge is 0.262 e. The van der Waals surface area contributed by atoms with Crippen LogP contribution in [-0.2, 0) is 10.0 Å². The average molecular weight is 312 g/mol. The van der Waals surface area contributed by atoms with Crippen LogP contribution in [-0.4, -0.2) is 13.4 Å². The zero-order chi connectivity index (χ0) is 15.7. The maximum absolute atomic E-state index is 12.6. The van der Waals surface area contributed by atoms with Crippen molar-refractivity contribution in [3.63, 3.8) is 0 Å². The second-order valence-corrected chi connectivity index (χ2v) is 6.87. The number of sulfonamides is 1. The van der Waals surface area contributed by atoms with E-state index in [9.17, 15) is 8.42 Å². The van der Waals surface area contributed by atoms with Gasteiger partial charge in [0.25, 0.3) is 10.0 Å². The Morgan fingerprint density at radius 2 is 1.77 bits per heavy atom. The van der Waals surface area contributed by atoms with Crippen molar-refractivity contribution in [2.45, 2.75) is 18.7 Å². The van der Waals surface area contributed by atoms with Crippen LogP contribution in [0.5, 0.6) is 0 Å². The molecule has 1 heterocycles. The van der Waals surface area contributed by atoms with Crippen molar-refractivity contribution in [1.82, 2.24) is 4.98 Å². The predicted octanol–water partition coefficient (Wildman–Crippen LogP) is 3.65. The highest BCUT2D eigenvalue weighted by Crippen LogP contribution is 2.23. The number of hydrogen-bond acceptors (Lipinski definition) is 3. The van der Waals surface area contributed by atoms with Crippen LogP contribution >= 0.6 is 0 Å². The number of nitrogens with one attached hydrogen (secondary N) is 1. The molecule has 0 aliphatic rings. The number of hydrogen-bond donors (Lipinski definition) is 1. The second kappa shape index (κ2) is 5.42. The molecule has 0 saturated heterocycles. The molecule has 0 unspecified atom stereocenters. The Bertz CT molecular complexity index is 950. The van der Waals surface area contributed by atoms with Gasteiger partial charge >= 0.3 is 0 Å². The molecule has 5 heteroatoms. The third-order valence-corrected chi connectivity index (χ3v) is 5.21. The van der Waals surface area contributed by atoms with Crippen molar-refractivity contribution in [2.75, 3.05) is 4.72 Å². The topological polar surface area (TPSA) is 59.1 Å². The highest BCUT2D eigenvalue weighted by molar-refractivity contribution is 7.92. The fraction of sp³-hybridized carbons (Fsp3) is 0.118. The molecule has 3 rings (SSSR count). The van der Waals surface area contributed by atoms with Crippen LogP contribution < -0.4 is 4.72 Å². The highest BCUT2D eigenvalue weighted by atomic mass is 32.2. The lowest BCUT2D eigenvalue weighted by Gasteiger charge is -2.12. The number of para-hydroxylation sites is 1. The van der Waals surface area contributed by atoms with E-state index in [-0.39, 0.29) is 0 Å². The highest BCUT2D eigenvalue weighted by Gasteiger charge is 2.17. The van der Waals surface area contributed by atoms with Gasteiger partial charge in [0.05, 0.1) is 22.3 Å². The van der Waals surface area contributed by atoms with E-state index in [4.69, 9.17) is 0 Å². The molecule has 0 fully saturated rings. The van der Waals surface area contributed by atoms with Gasteiger partial charge in [-0.15, -0.1) is 0 Å². The molecule has 3 aromatic rings. The minimum absolute atomic E-state index is 0.292. The number of anilines is 1. The second-order valence-electron chi connectivity index (χ2n) is 5.22. The van der Waals surface area contributed by atoms with Gasteiger partial charge in [0.2, 0.25) is 0 Å². The minimum atomic E-state index is -3.63. The molecule has 22 heavy (non-hydrogen) atoms. The van der Waals surface area contributed by atoms with Gasteiger partial charge in [0, 0.05) is 5.39 Å². The Labute approximate surface area is 129 Å². The number of nitrogens with zero attached hydrogens (tertiary/aromatic N) is 1. The first-order valence-electron chi connectivity index (χ1n) is 6.91.